The molecule has 2 aliphatic heterocycles. The summed E-state index contributed by atoms with van der Waals surface area (Å²) < 4.78 is 32.4. The molecule has 1 aromatic heterocycles. The molecule has 23 heavy (non-hydrogen) atoms. The fourth-order valence-corrected chi connectivity index (χ4v) is 6.75. The van der Waals surface area contributed by atoms with Gasteiger partial charge in [-0.3, -0.25) is 0 Å². The first kappa shape index (κ1) is 16.8. The molecule has 0 saturated carbocycles. The molecular formula is C14H20N2O5S2. The molecule has 9 heteroatoms. The Hall–Kier alpha value is -1.00. The summed E-state index contributed by atoms with van der Waals surface area (Å²) in [5.41, 5.74) is 0.647. The second-order valence-corrected chi connectivity index (χ2v) is 9.11. The topological polar surface area (TPSA) is 95.9 Å². The molecule has 1 atom stereocenters. The van der Waals surface area contributed by atoms with Gasteiger partial charge >= 0.3 is 5.97 Å². The zero-order valence-corrected chi connectivity index (χ0v) is 14.5. The number of fused-ring (bicyclic) bond motifs is 1. The van der Waals surface area contributed by atoms with Crippen LogP contribution in [0, 0.1) is 5.92 Å². The highest BCUT2D eigenvalue weighted by Crippen LogP contribution is 2.37. The maximum absolute atomic E-state index is 12.9. The zero-order chi connectivity index (χ0) is 16.6. The molecule has 7 nitrogen and oxygen atoms in total. The number of sulfonamides is 1. The van der Waals surface area contributed by atoms with Crippen LogP contribution in [0.2, 0.25) is 0 Å². The Morgan fingerprint density at radius 1 is 1.52 bits per heavy atom. The average Bonchev–Trinajstić information content (AvgIpc) is 3.12. The van der Waals surface area contributed by atoms with Crippen molar-refractivity contribution in [1.29, 1.82) is 0 Å². The molecule has 1 fully saturated rings. The van der Waals surface area contributed by atoms with Crippen molar-refractivity contribution >= 4 is 27.3 Å². The van der Waals surface area contributed by atoms with Crippen molar-refractivity contribution in [3.63, 3.8) is 0 Å². The van der Waals surface area contributed by atoms with Gasteiger partial charge in [0.2, 0.25) is 0 Å². The Labute approximate surface area is 139 Å². The van der Waals surface area contributed by atoms with Crippen LogP contribution in [0.25, 0.3) is 0 Å². The molecular weight excluding hydrogens is 340 g/mol. The Morgan fingerprint density at radius 3 is 3.00 bits per heavy atom. The van der Waals surface area contributed by atoms with Gasteiger partial charge in [0.05, 0.1) is 12.2 Å². The molecule has 0 aliphatic carbocycles. The zero-order valence-electron chi connectivity index (χ0n) is 12.9. The second-order valence-electron chi connectivity index (χ2n) is 5.87. The van der Waals surface area contributed by atoms with E-state index in [-0.39, 0.29) is 15.7 Å². The highest BCUT2D eigenvalue weighted by atomic mass is 32.2. The molecule has 0 aromatic carbocycles. The molecule has 0 amide bonds. The predicted molar refractivity (Wildman–Crippen MR) is 85.4 cm³/mol. The van der Waals surface area contributed by atoms with Gasteiger partial charge in [-0.25, -0.2) is 13.2 Å². The first-order valence-corrected chi connectivity index (χ1v) is 9.78. The fourth-order valence-electron chi connectivity index (χ4n) is 3.21. The van der Waals surface area contributed by atoms with Crippen LogP contribution in [0.5, 0.6) is 0 Å². The summed E-state index contributed by atoms with van der Waals surface area (Å²) in [4.78, 5) is 12.5. The summed E-state index contributed by atoms with van der Waals surface area (Å²) >= 11 is 1.09. The summed E-state index contributed by atoms with van der Waals surface area (Å²) in [6.45, 7) is 2.51. The molecule has 3 heterocycles. The van der Waals surface area contributed by atoms with E-state index in [1.54, 1.807) is 7.11 Å². The molecule has 2 aliphatic rings. The number of aromatic carboxylic acids is 1. The monoisotopic (exact) mass is 360 g/mol. The van der Waals surface area contributed by atoms with Gasteiger partial charge in [0, 0.05) is 31.6 Å². The third-order valence-electron chi connectivity index (χ3n) is 4.33. The van der Waals surface area contributed by atoms with Crippen LogP contribution >= 0.6 is 11.3 Å². The number of carbonyl (C=O) groups is 1. The van der Waals surface area contributed by atoms with E-state index in [9.17, 15) is 18.3 Å². The van der Waals surface area contributed by atoms with Gasteiger partial charge in [0.1, 0.15) is 4.21 Å². The molecule has 1 unspecified atom stereocenters. The van der Waals surface area contributed by atoms with Crippen LogP contribution in [0.3, 0.4) is 0 Å². The van der Waals surface area contributed by atoms with Crippen LogP contribution in [0.15, 0.2) is 4.21 Å². The number of rotatable bonds is 5. The fraction of sp³-hybridized carbons (Fsp3) is 0.643. The summed E-state index contributed by atoms with van der Waals surface area (Å²) in [6.07, 6.45) is 1.29. The first-order valence-electron chi connectivity index (χ1n) is 7.52. The van der Waals surface area contributed by atoms with E-state index in [0.29, 0.717) is 44.8 Å². The third kappa shape index (κ3) is 3.03. The Morgan fingerprint density at radius 2 is 2.30 bits per heavy atom. The predicted octanol–water partition coefficient (Wildman–Crippen LogP) is 0.749. The maximum atomic E-state index is 12.9. The minimum atomic E-state index is -3.77. The summed E-state index contributed by atoms with van der Waals surface area (Å²) in [5.74, 6) is -0.991. The van der Waals surface area contributed by atoms with Crippen molar-refractivity contribution in [2.75, 3.05) is 33.4 Å². The molecule has 1 aromatic rings. The Balaban J connectivity index is 1.97. The minimum absolute atomic E-state index is 0.0169. The molecule has 1 saturated heterocycles. The maximum Gasteiger partial charge on any atom is 0.338 e. The van der Waals surface area contributed by atoms with Crippen LogP contribution in [-0.2, 0) is 27.7 Å². The van der Waals surface area contributed by atoms with Crippen LogP contribution in [-0.4, -0.2) is 57.1 Å². The van der Waals surface area contributed by atoms with Gasteiger partial charge in [-0.15, -0.1) is 11.3 Å². The first-order chi connectivity index (χ1) is 10.9. The summed E-state index contributed by atoms with van der Waals surface area (Å²) in [6, 6.07) is 0. The summed E-state index contributed by atoms with van der Waals surface area (Å²) in [5, 5.41) is 12.7. The smallest absolute Gasteiger partial charge is 0.338 e. The van der Waals surface area contributed by atoms with E-state index in [1.807, 2.05) is 0 Å². The Bertz CT molecular complexity index is 713. The Kier molecular flexibility index (Phi) is 4.75. The normalized spacial score (nSPS) is 22.2. The van der Waals surface area contributed by atoms with E-state index < -0.39 is 16.0 Å². The van der Waals surface area contributed by atoms with E-state index in [2.05, 4.69) is 5.32 Å². The molecule has 0 spiro atoms. The average molecular weight is 360 g/mol. The highest BCUT2D eigenvalue weighted by Gasteiger charge is 2.38. The van der Waals surface area contributed by atoms with Gasteiger partial charge in [-0.1, -0.05) is 0 Å². The van der Waals surface area contributed by atoms with Crippen molar-refractivity contribution in [2.45, 2.75) is 23.6 Å². The number of hydrogen-bond acceptors (Lipinski definition) is 6. The van der Waals surface area contributed by atoms with Gasteiger partial charge < -0.3 is 15.2 Å². The number of methoxy groups -OCH3 is 1. The second kappa shape index (κ2) is 6.48. The van der Waals surface area contributed by atoms with Gasteiger partial charge in [-0.2, -0.15) is 4.31 Å². The molecule has 0 radical (unpaired) electrons. The number of nitrogens with one attached hydrogen (secondary N) is 1. The van der Waals surface area contributed by atoms with Crippen molar-refractivity contribution in [2.24, 2.45) is 5.92 Å². The van der Waals surface area contributed by atoms with E-state index in [0.717, 1.165) is 22.6 Å². The lowest BCUT2D eigenvalue weighted by Gasteiger charge is -2.16. The van der Waals surface area contributed by atoms with Crippen molar-refractivity contribution in [3.05, 3.63) is 16.0 Å². The largest absolute Gasteiger partial charge is 0.478 e. The molecule has 128 valence electrons. The number of ether oxygens (including phenoxy) is 1. The lowest BCUT2D eigenvalue weighted by molar-refractivity contribution is 0.0692. The number of carboxylic acids is 1. The van der Waals surface area contributed by atoms with Crippen LogP contribution in [0.4, 0.5) is 0 Å². The lowest BCUT2D eigenvalue weighted by Crippen LogP contribution is -2.30. The minimum Gasteiger partial charge on any atom is -0.478 e. The standard InChI is InChI=1S/C14H20N2O5S2/c1-21-8-9-3-5-16(7-9)23(19,20)14-12(13(17)18)10-2-4-15-6-11(10)22-14/h9,15H,2-8H2,1H3,(H,17,18). The quantitative estimate of drug-likeness (QED) is 0.804. The third-order valence-corrected chi connectivity index (χ3v) is 7.93. The summed E-state index contributed by atoms with van der Waals surface area (Å²) in [7, 11) is -2.17. The van der Waals surface area contributed by atoms with Gasteiger partial charge in [0.15, 0.2) is 0 Å². The SMILES string of the molecule is COCC1CCN(S(=O)(=O)c2sc3c(c2C(=O)O)CCNC3)C1. The van der Waals surface area contributed by atoms with Crippen LogP contribution < -0.4 is 5.32 Å². The molecule has 0 bridgehead atoms. The lowest BCUT2D eigenvalue weighted by atomic mass is 10.1. The van der Waals surface area contributed by atoms with Crippen molar-refractivity contribution in [3.8, 4) is 0 Å². The number of thiophene rings is 1. The van der Waals surface area contributed by atoms with Crippen molar-refractivity contribution < 1.29 is 23.1 Å². The number of nitrogens with zero attached hydrogens (tertiary/aromatic N) is 1. The van der Waals surface area contributed by atoms with E-state index >= 15 is 0 Å². The molecule has 3 rings (SSSR count). The number of hydrogen-bond donors (Lipinski definition) is 2. The van der Waals surface area contributed by atoms with Gasteiger partial charge in [0.25, 0.3) is 10.0 Å². The van der Waals surface area contributed by atoms with E-state index in [4.69, 9.17) is 4.74 Å². The molecule has 2 N–H and O–H groups in total. The number of carboxylic acid groups (broad SMARTS) is 1. The van der Waals surface area contributed by atoms with Crippen LogP contribution in [0.1, 0.15) is 27.2 Å². The van der Waals surface area contributed by atoms with E-state index in [1.165, 1.54) is 4.31 Å². The van der Waals surface area contributed by atoms with Crippen molar-refractivity contribution in [1.82, 2.24) is 9.62 Å². The highest BCUT2D eigenvalue weighted by molar-refractivity contribution is 7.91. The van der Waals surface area contributed by atoms with Gasteiger partial charge in [-0.05, 0) is 30.9 Å².